The van der Waals surface area contributed by atoms with Crippen LogP contribution < -0.4 is 5.73 Å². The van der Waals surface area contributed by atoms with Crippen LogP contribution in [0.2, 0.25) is 0 Å². The predicted octanol–water partition coefficient (Wildman–Crippen LogP) is 5.08. The average Bonchev–Trinajstić information content (AvgIpc) is 3.11. The van der Waals surface area contributed by atoms with Crippen molar-refractivity contribution >= 4 is 28.8 Å². The minimum atomic E-state index is 0.481. The lowest BCUT2D eigenvalue weighted by molar-refractivity contribution is 0.400. The van der Waals surface area contributed by atoms with Crippen molar-refractivity contribution in [2.24, 2.45) is 9.98 Å². The summed E-state index contributed by atoms with van der Waals surface area (Å²) in [5.74, 6) is 2.05. The molecule has 3 aromatic rings. The molecule has 2 aromatic heterocycles. The van der Waals surface area contributed by atoms with Crippen molar-refractivity contribution in [3.63, 3.8) is 0 Å². The van der Waals surface area contributed by atoms with Gasteiger partial charge in [-0.1, -0.05) is 42.8 Å². The molecule has 31 heavy (non-hydrogen) atoms. The maximum Gasteiger partial charge on any atom is 0.150 e. The molecule has 2 heterocycles. The topological polar surface area (TPSA) is 80.9 Å². The van der Waals surface area contributed by atoms with E-state index in [1.54, 1.807) is 19.5 Å². The van der Waals surface area contributed by atoms with Gasteiger partial charge in [-0.05, 0) is 32.8 Å². The molecule has 0 spiro atoms. The summed E-state index contributed by atoms with van der Waals surface area (Å²) in [4.78, 5) is 18.3. The summed E-state index contributed by atoms with van der Waals surface area (Å²) in [5.41, 5.74) is 11.7. The van der Waals surface area contributed by atoms with Gasteiger partial charge >= 0.3 is 0 Å². The number of imidazole rings is 1. The Labute approximate surface area is 183 Å². The van der Waals surface area contributed by atoms with Gasteiger partial charge in [0, 0.05) is 48.4 Å². The van der Waals surface area contributed by atoms with Gasteiger partial charge in [-0.15, -0.1) is 0 Å². The Hall–Kier alpha value is -3.54. The molecule has 6 heteroatoms. The van der Waals surface area contributed by atoms with Crippen LogP contribution in [0.15, 0.2) is 70.6 Å². The molecular formula is C25H28N6. The average molecular weight is 413 g/mol. The highest BCUT2D eigenvalue weighted by Gasteiger charge is 2.27. The highest BCUT2D eigenvalue weighted by Crippen LogP contribution is 2.38. The van der Waals surface area contributed by atoms with E-state index in [2.05, 4.69) is 20.5 Å². The van der Waals surface area contributed by atoms with Gasteiger partial charge in [-0.2, -0.15) is 0 Å². The molecule has 0 bridgehead atoms. The molecular weight excluding hydrogens is 384 g/mol. The molecule has 6 nitrogen and oxygen atoms in total. The van der Waals surface area contributed by atoms with Crippen molar-refractivity contribution in [2.45, 2.75) is 39.0 Å². The largest absolute Gasteiger partial charge is 0.382 e. The number of allylic oxidation sites excluding steroid dienone is 4. The minimum Gasteiger partial charge on any atom is -0.382 e. The van der Waals surface area contributed by atoms with Gasteiger partial charge < -0.3 is 5.73 Å². The molecule has 158 valence electrons. The van der Waals surface area contributed by atoms with E-state index >= 15 is 0 Å². The molecule has 1 aliphatic carbocycles. The third kappa shape index (κ3) is 4.19. The summed E-state index contributed by atoms with van der Waals surface area (Å²) < 4.78 is 2.11. The zero-order valence-corrected chi connectivity index (χ0v) is 18.3. The van der Waals surface area contributed by atoms with Crippen LogP contribution >= 0.6 is 0 Å². The number of rotatable bonds is 6. The summed E-state index contributed by atoms with van der Waals surface area (Å²) in [6, 6.07) is 10.1. The van der Waals surface area contributed by atoms with E-state index in [9.17, 15) is 0 Å². The summed E-state index contributed by atoms with van der Waals surface area (Å²) in [7, 11) is 1.75. The van der Waals surface area contributed by atoms with Crippen LogP contribution in [-0.4, -0.2) is 33.3 Å². The molecule has 0 unspecified atom stereocenters. The van der Waals surface area contributed by atoms with Gasteiger partial charge in [0.25, 0.3) is 0 Å². The van der Waals surface area contributed by atoms with Crippen molar-refractivity contribution in [1.29, 1.82) is 0 Å². The molecule has 0 radical (unpaired) electrons. The zero-order valence-electron chi connectivity index (χ0n) is 18.3. The van der Waals surface area contributed by atoms with Gasteiger partial charge in [0.15, 0.2) is 0 Å². The van der Waals surface area contributed by atoms with Crippen molar-refractivity contribution in [3.05, 3.63) is 77.7 Å². The van der Waals surface area contributed by atoms with E-state index in [0.717, 1.165) is 39.6 Å². The SMILES string of the molecule is C\C=C(/C=C(C)/N=C(\C=N/C)c1ccccc1)c1nc(C2CCC2)n2ccnc(N)c12. The number of fused-ring (bicyclic) bond motifs is 1. The smallest absolute Gasteiger partial charge is 0.150 e. The fourth-order valence-corrected chi connectivity index (χ4v) is 3.88. The molecule has 1 saturated carbocycles. The number of nitrogen functional groups attached to an aromatic ring is 1. The molecule has 0 amide bonds. The molecule has 4 rings (SSSR count). The first-order valence-electron chi connectivity index (χ1n) is 10.7. The van der Waals surface area contributed by atoms with Gasteiger partial charge in [0.2, 0.25) is 0 Å². The number of nitrogens with zero attached hydrogens (tertiary/aromatic N) is 5. The highest BCUT2D eigenvalue weighted by atomic mass is 15.1. The summed E-state index contributed by atoms with van der Waals surface area (Å²) in [6.07, 6.45) is 13.2. The normalized spacial score (nSPS) is 16.3. The van der Waals surface area contributed by atoms with Crippen molar-refractivity contribution < 1.29 is 0 Å². The number of benzene rings is 1. The van der Waals surface area contributed by atoms with Crippen LogP contribution in [-0.2, 0) is 0 Å². The Balaban J connectivity index is 1.77. The van der Waals surface area contributed by atoms with Crippen LogP contribution in [0.3, 0.4) is 0 Å². The predicted molar refractivity (Wildman–Crippen MR) is 129 cm³/mol. The quantitative estimate of drug-likeness (QED) is 0.453. The second-order valence-electron chi connectivity index (χ2n) is 7.76. The molecule has 0 atom stereocenters. The fraction of sp³-hybridized carbons (Fsp3) is 0.280. The molecule has 0 aliphatic heterocycles. The number of hydrogen-bond acceptors (Lipinski definition) is 5. The molecule has 1 aliphatic rings. The first kappa shape index (κ1) is 20.7. The van der Waals surface area contributed by atoms with E-state index in [1.807, 2.05) is 56.5 Å². The summed E-state index contributed by atoms with van der Waals surface area (Å²) in [5, 5.41) is 0. The van der Waals surface area contributed by atoms with Crippen molar-refractivity contribution in [1.82, 2.24) is 14.4 Å². The van der Waals surface area contributed by atoms with Gasteiger partial charge in [-0.25, -0.2) is 9.97 Å². The van der Waals surface area contributed by atoms with E-state index in [-0.39, 0.29) is 0 Å². The van der Waals surface area contributed by atoms with E-state index in [4.69, 9.17) is 15.7 Å². The zero-order chi connectivity index (χ0) is 21.8. The fourth-order valence-electron chi connectivity index (χ4n) is 3.88. The standard InChI is InChI=1S/C25H28N6/c1-4-18(15-17(2)29-21(16-27-3)19-9-6-5-7-10-19)22-23-24(26)28-13-14-31(23)25(30-22)20-11-8-12-20/h4-7,9-10,13-16,20H,8,11-12H2,1-3H3,(H2,26,28)/b17-15+,18-4+,27-16-,29-21+. The highest BCUT2D eigenvalue weighted by molar-refractivity contribution is 6.38. The van der Waals surface area contributed by atoms with Gasteiger partial charge in [0.1, 0.15) is 17.2 Å². The van der Waals surface area contributed by atoms with Crippen LogP contribution in [0.4, 0.5) is 5.82 Å². The lowest BCUT2D eigenvalue weighted by Crippen LogP contribution is -2.12. The monoisotopic (exact) mass is 412 g/mol. The van der Waals surface area contributed by atoms with Crippen molar-refractivity contribution in [2.75, 3.05) is 12.8 Å². The second kappa shape index (κ2) is 9.08. The number of aliphatic imine (C=N–C) groups is 2. The third-order valence-electron chi connectivity index (χ3n) is 5.65. The van der Waals surface area contributed by atoms with E-state index in [0.29, 0.717) is 11.7 Å². The van der Waals surface area contributed by atoms with Crippen LogP contribution in [0.1, 0.15) is 56.1 Å². The Kier molecular flexibility index (Phi) is 6.07. The summed E-state index contributed by atoms with van der Waals surface area (Å²) >= 11 is 0. The maximum absolute atomic E-state index is 6.28. The Bertz CT molecular complexity index is 1190. The van der Waals surface area contributed by atoms with Gasteiger partial charge in [-0.3, -0.25) is 14.4 Å². The Morgan fingerprint density at radius 2 is 2.00 bits per heavy atom. The van der Waals surface area contributed by atoms with Crippen molar-refractivity contribution in [3.8, 4) is 0 Å². The van der Waals surface area contributed by atoms with Gasteiger partial charge in [0.05, 0.1) is 11.4 Å². The first-order chi connectivity index (χ1) is 15.1. The lowest BCUT2D eigenvalue weighted by Gasteiger charge is -2.23. The second-order valence-corrected chi connectivity index (χ2v) is 7.76. The van der Waals surface area contributed by atoms with Crippen LogP contribution in [0, 0.1) is 0 Å². The molecule has 0 saturated heterocycles. The minimum absolute atomic E-state index is 0.481. The number of hydrogen-bond donors (Lipinski definition) is 1. The van der Waals surface area contributed by atoms with E-state index < -0.39 is 0 Å². The Morgan fingerprint density at radius 1 is 1.23 bits per heavy atom. The number of nitrogens with two attached hydrogens (primary N) is 1. The number of aromatic nitrogens is 3. The Morgan fingerprint density at radius 3 is 2.65 bits per heavy atom. The number of anilines is 1. The van der Waals surface area contributed by atoms with Crippen LogP contribution in [0.25, 0.3) is 11.1 Å². The molecule has 2 N–H and O–H groups in total. The molecule has 1 fully saturated rings. The lowest BCUT2D eigenvalue weighted by atomic mass is 9.85. The van der Waals surface area contributed by atoms with Crippen LogP contribution in [0.5, 0.6) is 0 Å². The molecule has 1 aromatic carbocycles. The first-order valence-corrected chi connectivity index (χ1v) is 10.7. The van der Waals surface area contributed by atoms with E-state index in [1.165, 1.54) is 19.3 Å². The summed E-state index contributed by atoms with van der Waals surface area (Å²) in [6.45, 7) is 4.00. The maximum atomic E-state index is 6.28. The third-order valence-corrected chi connectivity index (χ3v) is 5.65.